The fourth-order valence-electron chi connectivity index (χ4n) is 2.36. The van der Waals surface area contributed by atoms with Crippen LogP contribution in [0.2, 0.25) is 0 Å². The number of hydrogen-bond donors (Lipinski definition) is 1. The number of anilines is 1. The molecule has 0 atom stereocenters. The average Bonchev–Trinajstić information content (AvgIpc) is 3.16. The number of alkyl halides is 2. The van der Waals surface area contributed by atoms with Crippen LogP contribution in [-0.2, 0) is 11.2 Å². The topological polar surface area (TPSA) is 99.4 Å². The number of benzene rings is 1. The van der Waals surface area contributed by atoms with Gasteiger partial charge in [-0.05, 0) is 24.3 Å². The van der Waals surface area contributed by atoms with E-state index >= 15 is 0 Å². The fraction of sp³-hybridized carbons (Fsp3) is 0.222. The minimum atomic E-state index is -3.01. The number of carbonyl (C=O) groups excluding carboxylic acids is 1. The van der Waals surface area contributed by atoms with Crippen molar-refractivity contribution in [1.82, 2.24) is 15.1 Å². The van der Waals surface area contributed by atoms with Crippen LogP contribution in [-0.4, -0.2) is 34.8 Å². The molecule has 2 heterocycles. The zero-order chi connectivity index (χ0) is 19.9. The highest BCUT2D eigenvalue weighted by atomic mass is 19.3. The van der Waals surface area contributed by atoms with E-state index in [1.54, 1.807) is 24.5 Å². The Kier molecular flexibility index (Phi) is 6.10. The summed E-state index contributed by atoms with van der Waals surface area (Å²) < 4.78 is 39.4. The summed E-state index contributed by atoms with van der Waals surface area (Å²) in [6, 6.07) is 7.68. The number of amides is 1. The molecule has 0 spiro atoms. The Balaban J connectivity index is 1.58. The molecule has 0 saturated carbocycles. The van der Waals surface area contributed by atoms with E-state index < -0.39 is 6.61 Å². The van der Waals surface area contributed by atoms with Crippen LogP contribution in [0.1, 0.15) is 12.3 Å². The Morgan fingerprint density at radius 3 is 2.71 bits per heavy atom. The Morgan fingerprint density at radius 1 is 1.21 bits per heavy atom. The number of pyridine rings is 1. The second kappa shape index (κ2) is 8.89. The molecule has 146 valence electrons. The van der Waals surface area contributed by atoms with Gasteiger partial charge in [0.2, 0.25) is 17.6 Å². The Labute approximate surface area is 158 Å². The predicted molar refractivity (Wildman–Crippen MR) is 94.1 cm³/mol. The van der Waals surface area contributed by atoms with Gasteiger partial charge in [0.25, 0.3) is 0 Å². The van der Waals surface area contributed by atoms with Crippen LogP contribution in [0.4, 0.5) is 14.5 Å². The van der Waals surface area contributed by atoms with Crippen molar-refractivity contribution >= 4 is 11.6 Å². The first-order valence-electron chi connectivity index (χ1n) is 8.21. The van der Waals surface area contributed by atoms with E-state index in [0.29, 0.717) is 17.4 Å². The first-order valence-corrected chi connectivity index (χ1v) is 8.21. The number of ether oxygens (including phenoxy) is 2. The number of rotatable bonds is 8. The van der Waals surface area contributed by atoms with Gasteiger partial charge in [0.15, 0.2) is 11.5 Å². The normalized spacial score (nSPS) is 10.7. The molecule has 0 aliphatic carbocycles. The molecule has 1 amide bonds. The van der Waals surface area contributed by atoms with E-state index in [0.717, 1.165) is 5.56 Å². The van der Waals surface area contributed by atoms with Crippen molar-refractivity contribution in [3.63, 3.8) is 0 Å². The lowest BCUT2D eigenvalue weighted by atomic mass is 10.2. The monoisotopic (exact) mass is 390 g/mol. The summed E-state index contributed by atoms with van der Waals surface area (Å²) in [6.07, 6.45) is 3.51. The number of methoxy groups -OCH3 is 1. The molecule has 0 radical (unpaired) electrons. The summed E-state index contributed by atoms with van der Waals surface area (Å²) in [6.45, 7) is -3.01. The smallest absolute Gasteiger partial charge is 0.387 e. The van der Waals surface area contributed by atoms with Gasteiger partial charge in [-0.15, -0.1) is 0 Å². The molecule has 0 bridgehead atoms. The zero-order valence-electron chi connectivity index (χ0n) is 14.8. The lowest BCUT2D eigenvalue weighted by Gasteiger charge is -2.12. The van der Waals surface area contributed by atoms with Crippen LogP contribution in [0.5, 0.6) is 11.5 Å². The number of carbonyl (C=O) groups is 1. The van der Waals surface area contributed by atoms with Gasteiger partial charge in [-0.2, -0.15) is 13.8 Å². The third-order valence-corrected chi connectivity index (χ3v) is 3.64. The van der Waals surface area contributed by atoms with Crippen LogP contribution in [0.15, 0.2) is 47.2 Å². The number of halogens is 2. The molecule has 3 aromatic rings. The SMILES string of the molecule is COc1ccc(NC(=O)CCc2nc(-c3ccncc3)no2)cc1OC(F)F. The van der Waals surface area contributed by atoms with Crippen LogP contribution in [0, 0.1) is 0 Å². The molecule has 0 saturated heterocycles. The summed E-state index contributed by atoms with van der Waals surface area (Å²) in [5.41, 5.74) is 1.05. The summed E-state index contributed by atoms with van der Waals surface area (Å²) in [5, 5.41) is 6.46. The maximum absolute atomic E-state index is 12.5. The first-order chi connectivity index (χ1) is 13.5. The Morgan fingerprint density at radius 2 is 2.00 bits per heavy atom. The largest absolute Gasteiger partial charge is 0.493 e. The molecule has 2 aromatic heterocycles. The zero-order valence-corrected chi connectivity index (χ0v) is 14.8. The minimum Gasteiger partial charge on any atom is -0.493 e. The molecular weight excluding hydrogens is 374 g/mol. The van der Waals surface area contributed by atoms with Crippen LogP contribution in [0.25, 0.3) is 11.4 Å². The molecule has 0 aliphatic heterocycles. The number of aryl methyl sites for hydroxylation is 1. The molecule has 8 nitrogen and oxygen atoms in total. The molecule has 28 heavy (non-hydrogen) atoms. The van der Waals surface area contributed by atoms with E-state index in [4.69, 9.17) is 9.26 Å². The summed E-state index contributed by atoms with van der Waals surface area (Å²) in [7, 11) is 1.33. The van der Waals surface area contributed by atoms with Crippen LogP contribution >= 0.6 is 0 Å². The third kappa shape index (κ3) is 5.00. The maximum atomic E-state index is 12.5. The van der Waals surface area contributed by atoms with Gasteiger partial charge in [-0.1, -0.05) is 5.16 Å². The summed E-state index contributed by atoms with van der Waals surface area (Å²) in [5.74, 6) is 0.319. The molecular formula is C18H16F2N4O4. The fourth-order valence-corrected chi connectivity index (χ4v) is 2.36. The predicted octanol–water partition coefficient (Wildman–Crippen LogP) is 3.31. The van der Waals surface area contributed by atoms with E-state index in [2.05, 4.69) is 25.2 Å². The van der Waals surface area contributed by atoms with Gasteiger partial charge >= 0.3 is 6.61 Å². The van der Waals surface area contributed by atoms with Crippen molar-refractivity contribution in [3.8, 4) is 22.9 Å². The number of nitrogens with zero attached hydrogens (tertiary/aromatic N) is 3. The quantitative estimate of drug-likeness (QED) is 0.630. The maximum Gasteiger partial charge on any atom is 0.387 e. The third-order valence-electron chi connectivity index (χ3n) is 3.64. The second-order valence-corrected chi connectivity index (χ2v) is 5.54. The van der Waals surface area contributed by atoms with Gasteiger partial charge in [0.1, 0.15) is 0 Å². The molecule has 0 unspecified atom stereocenters. The highest BCUT2D eigenvalue weighted by Crippen LogP contribution is 2.31. The van der Waals surface area contributed by atoms with Crippen molar-refractivity contribution in [2.75, 3.05) is 12.4 Å². The lowest BCUT2D eigenvalue weighted by molar-refractivity contribution is -0.116. The van der Waals surface area contributed by atoms with Gasteiger partial charge in [-0.3, -0.25) is 9.78 Å². The highest BCUT2D eigenvalue weighted by molar-refractivity contribution is 5.91. The van der Waals surface area contributed by atoms with E-state index in [1.165, 1.54) is 25.3 Å². The number of hydrogen-bond acceptors (Lipinski definition) is 7. The van der Waals surface area contributed by atoms with Crippen molar-refractivity contribution in [3.05, 3.63) is 48.6 Å². The van der Waals surface area contributed by atoms with E-state index in [1.807, 2.05) is 0 Å². The molecule has 10 heteroatoms. The molecule has 0 aliphatic rings. The van der Waals surface area contributed by atoms with Crippen LogP contribution in [0.3, 0.4) is 0 Å². The molecule has 1 aromatic carbocycles. The van der Waals surface area contributed by atoms with E-state index in [9.17, 15) is 13.6 Å². The first kappa shape index (κ1) is 19.2. The average molecular weight is 390 g/mol. The van der Waals surface area contributed by atoms with E-state index in [-0.39, 0.29) is 30.2 Å². The molecule has 0 fully saturated rings. The summed E-state index contributed by atoms with van der Waals surface area (Å²) in [4.78, 5) is 20.3. The van der Waals surface area contributed by atoms with Gasteiger partial charge < -0.3 is 19.3 Å². The van der Waals surface area contributed by atoms with Gasteiger partial charge in [-0.25, -0.2) is 0 Å². The molecule has 3 rings (SSSR count). The van der Waals surface area contributed by atoms with Gasteiger partial charge in [0.05, 0.1) is 7.11 Å². The van der Waals surface area contributed by atoms with Crippen molar-refractivity contribution in [2.45, 2.75) is 19.5 Å². The van der Waals surface area contributed by atoms with Crippen molar-refractivity contribution in [1.29, 1.82) is 0 Å². The standard InChI is InChI=1S/C18H16F2N4O4/c1-26-13-3-2-12(10-14(13)27-18(19)20)22-15(25)4-5-16-23-17(24-28-16)11-6-8-21-9-7-11/h2-3,6-10,18H,4-5H2,1H3,(H,22,25). The Bertz CT molecular complexity index is 934. The van der Waals surface area contributed by atoms with Crippen LogP contribution < -0.4 is 14.8 Å². The summed E-state index contributed by atoms with van der Waals surface area (Å²) >= 11 is 0. The minimum absolute atomic E-state index is 0.0645. The number of nitrogens with one attached hydrogen (secondary N) is 1. The lowest BCUT2D eigenvalue weighted by Crippen LogP contribution is -2.13. The number of aromatic nitrogens is 3. The Hall–Kier alpha value is -3.56. The highest BCUT2D eigenvalue weighted by Gasteiger charge is 2.14. The van der Waals surface area contributed by atoms with Crippen molar-refractivity contribution < 1.29 is 27.6 Å². The molecule has 1 N–H and O–H groups in total. The van der Waals surface area contributed by atoms with Crippen molar-refractivity contribution in [2.24, 2.45) is 0 Å². The second-order valence-electron chi connectivity index (χ2n) is 5.54. The van der Waals surface area contributed by atoms with Gasteiger partial charge in [0, 0.05) is 42.6 Å².